The molecule has 1 saturated heterocycles. The van der Waals surface area contributed by atoms with E-state index >= 15 is 0 Å². The molecule has 1 aliphatic rings. The van der Waals surface area contributed by atoms with Crippen LogP contribution in [0.3, 0.4) is 0 Å². The lowest BCUT2D eigenvalue weighted by molar-refractivity contribution is 0.409. The van der Waals surface area contributed by atoms with Crippen LogP contribution in [0, 0.1) is 0 Å². The molecule has 3 N–H and O–H groups in total. The van der Waals surface area contributed by atoms with E-state index in [2.05, 4.69) is 19.2 Å². The predicted molar refractivity (Wildman–Crippen MR) is 49.2 cm³/mol. The smallest absolute Gasteiger partial charge is 0.0276 e. The van der Waals surface area contributed by atoms with Crippen LogP contribution in [0.15, 0.2) is 0 Å². The maximum Gasteiger partial charge on any atom is 0.0276 e. The van der Waals surface area contributed by atoms with E-state index < -0.39 is 0 Å². The molecule has 0 aromatic carbocycles. The van der Waals surface area contributed by atoms with Crippen LogP contribution in [-0.4, -0.2) is 18.1 Å². The van der Waals surface area contributed by atoms with Crippen molar-refractivity contribution in [1.82, 2.24) is 5.32 Å². The molecule has 0 aromatic rings. The van der Waals surface area contributed by atoms with Gasteiger partial charge >= 0.3 is 0 Å². The summed E-state index contributed by atoms with van der Waals surface area (Å²) in [4.78, 5) is 0. The zero-order chi connectivity index (χ0) is 6.20. The second-order valence-corrected chi connectivity index (χ2v) is 3.04. The van der Waals surface area contributed by atoms with Crippen molar-refractivity contribution in [2.24, 2.45) is 5.73 Å². The molecule has 1 fully saturated rings. The van der Waals surface area contributed by atoms with Crippen molar-refractivity contribution in [3.05, 3.63) is 0 Å². The molecule has 1 rings (SSSR count). The van der Waals surface area contributed by atoms with Crippen LogP contribution in [0.1, 0.15) is 20.3 Å². The molecule has 1 heterocycles. The summed E-state index contributed by atoms with van der Waals surface area (Å²) in [6.45, 7) is 5.36. The Kier molecular flexibility index (Phi) is 5.76. The lowest BCUT2D eigenvalue weighted by atomic mass is 9.98. The number of rotatable bonds is 0. The average molecular weight is 187 g/mol. The van der Waals surface area contributed by atoms with Crippen LogP contribution in [0.25, 0.3) is 0 Å². The summed E-state index contributed by atoms with van der Waals surface area (Å²) < 4.78 is 0. The summed E-state index contributed by atoms with van der Waals surface area (Å²) in [5.41, 5.74) is 5.93. The molecule has 4 heteroatoms. The standard InChI is InChI=1S/C6H14N2.2ClH/c1-6(2)5(7)3-4-8-6;;/h5,8H,3-4,7H2,1-2H3;2*1H. The molecular weight excluding hydrogens is 171 g/mol. The van der Waals surface area contributed by atoms with Crippen molar-refractivity contribution in [1.29, 1.82) is 0 Å². The van der Waals surface area contributed by atoms with E-state index in [4.69, 9.17) is 5.73 Å². The van der Waals surface area contributed by atoms with Crippen molar-refractivity contribution < 1.29 is 0 Å². The van der Waals surface area contributed by atoms with Crippen LogP contribution < -0.4 is 11.1 Å². The Balaban J connectivity index is 0. The fourth-order valence-corrected chi connectivity index (χ4v) is 1.04. The van der Waals surface area contributed by atoms with Gasteiger partial charge < -0.3 is 11.1 Å². The highest BCUT2D eigenvalue weighted by molar-refractivity contribution is 5.85. The van der Waals surface area contributed by atoms with Gasteiger partial charge in [-0.1, -0.05) is 0 Å². The van der Waals surface area contributed by atoms with Crippen LogP contribution in [0.4, 0.5) is 0 Å². The van der Waals surface area contributed by atoms with Gasteiger partial charge in [0.05, 0.1) is 0 Å². The van der Waals surface area contributed by atoms with Gasteiger partial charge in [0.1, 0.15) is 0 Å². The average Bonchev–Trinajstić information content (AvgIpc) is 1.86. The fourth-order valence-electron chi connectivity index (χ4n) is 1.04. The highest BCUT2D eigenvalue weighted by Crippen LogP contribution is 2.15. The van der Waals surface area contributed by atoms with Gasteiger partial charge in [-0.2, -0.15) is 0 Å². The van der Waals surface area contributed by atoms with E-state index in [1.54, 1.807) is 0 Å². The van der Waals surface area contributed by atoms with Crippen molar-refractivity contribution >= 4 is 24.8 Å². The Hall–Kier alpha value is 0.500. The molecule has 0 amide bonds. The second-order valence-electron chi connectivity index (χ2n) is 3.04. The summed E-state index contributed by atoms with van der Waals surface area (Å²) in [5.74, 6) is 0. The molecule has 0 saturated carbocycles. The Bertz CT molecular complexity index is 95.7. The van der Waals surface area contributed by atoms with E-state index in [1.165, 1.54) is 0 Å². The highest BCUT2D eigenvalue weighted by atomic mass is 35.5. The Morgan fingerprint density at radius 2 is 1.90 bits per heavy atom. The van der Waals surface area contributed by atoms with Crippen LogP contribution in [0.2, 0.25) is 0 Å². The van der Waals surface area contributed by atoms with Gasteiger partial charge in [0.2, 0.25) is 0 Å². The Morgan fingerprint density at radius 3 is 2.00 bits per heavy atom. The molecule has 64 valence electrons. The first kappa shape index (κ1) is 13.1. The summed E-state index contributed by atoms with van der Waals surface area (Å²) in [6.07, 6.45) is 1.12. The molecule has 1 atom stereocenters. The quantitative estimate of drug-likeness (QED) is 0.592. The number of nitrogens with one attached hydrogen (secondary N) is 1. The normalized spacial score (nSPS) is 28.5. The minimum Gasteiger partial charge on any atom is -0.326 e. The van der Waals surface area contributed by atoms with Crippen LogP contribution in [-0.2, 0) is 0 Å². The maximum atomic E-state index is 5.75. The fraction of sp³-hybridized carbons (Fsp3) is 1.00. The molecule has 0 radical (unpaired) electrons. The first-order valence-electron chi connectivity index (χ1n) is 3.13. The first-order chi connectivity index (χ1) is 3.63. The zero-order valence-electron chi connectivity index (χ0n) is 6.39. The third kappa shape index (κ3) is 2.62. The first-order valence-corrected chi connectivity index (χ1v) is 3.13. The van der Waals surface area contributed by atoms with Gasteiger partial charge in [-0.25, -0.2) is 0 Å². The van der Waals surface area contributed by atoms with E-state index in [1.807, 2.05) is 0 Å². The minimum absolute atomic E-state index is 0. The zero-order valence-corrected chi connectivity index (χ0v) is 8.02. The summed E-state index contributed by atoms with van der Waals surface area (Å²) in [6, 6.07) is 0.350. The van der Waals surface area contributed by atoms with Gasteiger partial charge in [0, 0.05) is 11.6 Å². The lowest BCUT2D eigenvalue weighted by Crippen LogP contribution is -2.45. The summed E-state index contributed by atoms with van der Waals surface area (Å²) in [7, 11) is 0. The molecular formula is C6H16Cl2N2. The van der Waals surface area contributed by atoms with Crippen LogP contribution >= 0.6 is 24.8 Å². The third-order valence-electron chi connectivity index (χ3n) is 1.96. The second kappa shape index (κ2) is 4.39. The van der Waals surface area contributed by atoms with Crippen molar-refractivity contribution in [3.63, 3.8) is 0 Å². The van der Waals surface area contributed by atoms with Gasteiger partial charge in [0.25, 0.3) is 0 Å². The van der Waals surface area contributed by atoms with Gasteiger partial charge in [-0.05, 0) is 26.8 Å². The Morgan fingerprint density at radius 1 is 1.40 bits per heavy atom. The molecule has 0 aliphatic carbocycles. The number of hydrogen-bond acceptors (Lipinski definition) is 2. The molecule has 0 spiro atoms. The minimum atomic E-state index is 0. The van der Waals surface area contributed by atoms with Gasteiger partial charge in [0.15, 0.2) is 0 Å². The Labute approximate surface area is 74.8 Å². The summed E-state index contributed by atoms with van der Waals surface area (Å²) >= 11 is 0. The largest absolute Gasteiger partial charge is 0.326 e. The van der Waals surface area contributed by atoms with Crippen molar-refractivity contribution in [3.8, 4) is 0 Å². The topological polar surface area (TPSA) is 38.0 Å². The molecule has 0 bridgehead atoms. The van der Waals surface area contributed by atoms with Crippen molar-refractivity contribution in [2.75, 3.05) is 6.54 Å². The monoisotopic (exact) mass is 186 g/mol. The summed E-state index contributed by atoms with van der Waals surface area (Å²) in [5, 5.41) is 3.32. The van der Waals surface area contributed by atoms with Crippen LogP contribution in [0.5, 0.6) is 0 Å². The highest BCUT2D eigenvalue weighted by Gasteiger charge is 2.30. The van der Waals surface area contributed by atoms with E-state index in [-0.39, 0.29) is 30.4 Å². The molecule has 1 aliphatic heterocycles. The van der Waals surface area contributed by atoms with E-state index in [9.17, 15) is 0 Å². The molecule has 2 nitrogen and oxygen atoms in total. The molecule has 0 aromatic heterocycles. The van der Waals surface area contributed by atoms with E-state index in [0.29, 0.717) is 6.04 Å². The SMILES string of the molecule is CC1(C)NCCC1N.Cl.Cl. The van der Waals surface area contributed by atoms with E-state index in [0.717, 1.165) is 13.0 Å². The third-order valence-corrected chi connectivity index (χ3v) is 1.96. The number of nitrogens with two attached hydrogens (primary N) is 1. The maximum absolute atomic E-state index is 5.75. The molecule has 10 heavy (non-hydrogen) atoms. The van der Waals surface area contributed by atoms with Gasteiger partial charge in [-0.15, -0.1) is 24.8 Å². The predicted octanol–water partition coefficient (Wildman–Crippen LogP) is 0.929. The van der Waals surface area contributed by atoms with Gasteiger partial charge in [-0.3, -0.25) is 0 Å². The number of halogens is 2. The number of hydrogen-bond donors (Lipinski definition) is 2. The van der Waals surface area contributed by atoms with Crippen molar-refractivity contribution in [2.45, 2.75) is 31.8 Å². The lowest BCUT2D eigenvalue weighted by Gasteiger charge is -2.22. The molecule has 1 unspecified atom stereocenters.